The number of rotatable bonds is 5. The van der Waals surface area contributed by atoms with Crippen molar-refractivity contribution in [3.05, 3.63) is 138 Å². The van der Waals surface area contributed by atoms with Crippen molar-refractivity contribution in [3.63, 3.8) is 0 Å². The maximum atomic E-state index is 12.8. The van der Waals surface area contributed by atoms with Crippen molar-refractivity contribution in [3.8, 4) is 28.6 Å². The van der Waals surface area contributed by atoms with Crippen molar-refractivity contribution in [2.45, 2.75) is 26.0 Å². The number of hydrogen-bond acceptors (Lipinski definition) is 3. The van der Waals surface area contributed by atoms with Crippen LogP contribution in [0.25, 0.3) is 22.5 Å². The van der Waals surface area contributed by atoms with E-state index in [1.165, 1.54) is 23.4 Å². The summed E-state index contributed by atoms with van der Waals surface area (Å²) in [5.74, 6) is -0.271. The molecule has 0 atom stereocenters. The van der Waals surface area contributed by atoms with Gasteiger partial charge in [-0.1, -0.05) is 74.2 Å². The van der Waals surface area contributed by atoms with Gasteiger partial charge in [0, 0.05) is 47.1 Å². The quantitative estimate of drug-likeness (QED) is 0.143. The molecule has 5 aromatic rings. The fraction of sp³-hybridized carbons (Fsp3) is 0.121. The van der Waals surface area contributed by atoms with Crippen LogP contribution in [-0.2, 0) is 26.5 Å². The summed E-state index contributed by atoms with van der Waals surface area (Å²) >= 11 is 0. The molecule has 0 aliphatic carbocycles. The zero-order valence-electron chi connectivity index (χ0n) is 23.9. The minimum atomic E-state index is -1.77. The Hall–Kier alpha value is -3.75. The molecule has 39 heavy (non-hydrogen) atoms. The molecule has 2 heterocycles. The van der Waals surface area contributed by atoms with Crippen LogP contribution >= 0.6 is 0 Å². The van der Waals surface area contributed by atoms with E-state index in [4.69, 9.17) is 2.74 Å². The van der Waals surface area contributed by atoms with Crippen LogP contribution in [0.4, 0.5) is 4.39 Å². The van der Waals surface area contributed by atoms with Crippen LogP contribution < -0.4 is 5.19 Å². The zero-order chi connectivity index (χ0) is 28.8. The first kappa shape index (κ1) is 26.8. The summed E-state index contributed by atoms with van der Waals surface area (Å²) in [5.41, 5.74) is 4.14. The van der Waals surface area contributed by atoms with Gasteiger partial charge in [0.05, 0.1) is 8.07 Å². The Kier molecular flexibility index (Phi) is 9.54. The molecule has 1 radical (unpaired) electrons. The Bertz CT molecular complexity index is 1600. The number of nitriles is 1. The SMILES string of the molecule is C[Si](C)(C)c1ccc(-c2[c-]cc(F)cc2)nc1.[2H]C([2H])(c1ccccc1)c1cc(-c2ccccn2)[c-]cc1C#N.[Ir]. The summed E-state index contributed by atoms with van der Waals surface area (Å²) in [7, 11) is -1.30. The normalized spacial score (nSPS) is 11.6. The number of benzene rings is 3. The van der Waals surface area contributed by atoms with Crippen LogP contribution in [0.15, 0.2) is 103 Å². The second kappa shape index (κ2) is 13.9. The molecule has 5 rings (SSSR count). The van der Waals surface area contributed by atoms with Gasteiger partial charge in [-0.15, -0.1) is 59.2 Å². The molecule has 0 aliphatic rings. The molecule has 197 valence electrons. The molecule has 0 saturated carbocycles. The van der Waals surface area contributed by atoms with E-state index in [0.717, 1.165) is 11.3 Å². The number of pyridine rings is 2. The first-order chi connectivity index (χ1) is 19.1. The maximum absolute atomic E-state index is 12.8. The summed E-state index contributed by atoms with van der Waals surface area (Å²) in [6, 6.07) is 34.1. The van der Waals surface area contributed by atoms with Gasteiger partial charge in [-0.2, -0.15) is 0 Å². The minimum absolute atomic E-state index is 0. The Morgan fingerprint density at radius 2 is 1.59 bits per heavy atom. The third-order valence-electron chi connectivity index (χ3n) is 5.75. The third kappa shape index (κ3) is 8.36. The number of hydrogen-bond donors (Lipinski definition) is 0. The molecule has 0 unspecified atom stereocenters. The van der Waals surface area contributed by atoms with E-state index in [2.05, 4.69) is 53.9 Å². The van der Waals surface area contributed by atoms with E-state index in [0.29, 0.717) is 22.4 Å². The average Bonchev–Trinajstić information content (AvgIpc) is 2.98. The van der Waals surface area contributed by atoms with E-state index in [1.807, 2.05) is 36.5 Å². The van der Waals surface area contributed by atoms with Gasteiger partial charge in [0.25, 0.3) is 0 Å². The van der Waals surface area contributed by atoms with E-state index >= 15 is 0 Å². The van der Waals surface area contributed by atoms with Crippen LogP contribution in [-0.4, -0.2) is 18.0 Å². The largest absolute Gasteiger partial charge is 0.305 e. The van der Waals surface area contributed by atoms with Crippen LogP contribution in [0.3, 0.4) is 0 Å². The molecule has 0 aliphatic heterocycles. The first-order valence-corrected chi connectivity index (χ1v) is 15.7. The second-order valence-corrected chi connectivity index (χ2v) is 14.7. The Labute approximate surface area is 247 Å². The van der Waals surface area contributed by atoms with Crippen LogP contribution in [0.1, 0.15) is 19.4 Å². The molecule has 0 N–H and O–H groups in total. The molecule has 3 nitrogen and oxygen atoms in total. The van der Waals surface area contributed by atoms with Crippen molar-refractivity contribution >= 4 is 13.3 Å². The van der Waals surface area contributed by atoms with Crippen LogP contribution in [0.2, 0.25) is 19.6 Å². The van der Waals surface area contributed by atoms with Gasteiger partial charge < -0.3 is 9.97 Å². The summed E-state index contributed by atoms with van der Waals surface area (Å²) in [5, 5.41) is 10.7. The molecule has 2 aromatic heterocycles. The molecule has 0 fully saturated rings. The van der Waals surface area contributed by atoms with Gasteiger partial charge in [-0.3, -0.25) is 4.39 Å². The van der Waals surface area contributed by atoms with Crippen LogP contribution in [0, 0.1) is 29.3 Å². The topological polar surface area (TPSA) is 49.6 Å². The molecule has 0 spiro atoms. The number of aromatic nitrogens is 2. The van der Waals surface area contributed by atoms with Gasteiger partial charge in [0.15, 0.2) is 0 Å². The zero-order valence-corrected chi connectivity index (χ0v) is 25.3. The molecule has 3 aromatic carbocycles. The Morgan fingerprint density at radius 1 is 0.872 bits per heavy atom. The van der Waals surface area contributed by atoms with Gasteiger partial charge in [0.1, 0.15) is 0 Å². The number of nitrogens with zero attached hydrogens (tertiary/aromatic N) is 3. The van der Waals surface area contributed by atoms with Crippen molar-refractivity contribution < 1.29 is 27.2 Å². The van der Waals surface area contributed by atoms with Crippen molar-refractivity contribution in [1.29, 1.82) is 5.26 Å². The average molecular weight is 708 g/mol. The third-order valence-corrected chi connectivity index (χ3v) is 7.77. The van der Waals surface area contributed by atoms with Crippen molar-refractivity contribution in [1.82, 2.24) is 9.97 Å². The Balaban J connectivity index is 0.000000230. The summed E-state index contributed by atoms with van der Waals surface area (Å²) in [6.07, 6.45) is 1.83. The minimum Gasteiger partial charge on any atom is -0.305 e. The van der Waals surface area contributed by atoms with E-state index in [-0.39, 0.29) is 31.5 Å². The van der Waals surface area contributed by atoms with Gasteiger partial charge >= 0.3 is 0 Å². The van der Waals surface area contributed by atoms with E-state index < -0.39 is 14.4 Å². The van der Waals surface area contributed by atoms with Crippen molar-refractivity contribution in [2.24, 2.45) is 0 Å². The summed E-state index contributed by atoms with van der Waals surface area (Å²) < 4.78 is 29.8. The van der Waals surface area contributed by atoms with Gasteiger partial charge in [-0.05, 0) is 40.1 Å². The van der Waals surface area contributed by atoms with Crippen molar-refractivity contribution in [2.75, 3.05) is 0 Å². The van der Waals surface area contributed by atoms with Gasteiger partial charge in [-0.25, -0.2) is 5.26 Å². The second-order valence-electron chi connectivity index (χ2n) is 9.59. The first-order valence-electron chi connectivity index (χ1n) is 13.2. The fourth-order valence-corrected chi connectivity index (χ4v) is 4.63. The monoisotopic (exact) mass is 708 g/mol. The summed E-state index contributed by atoms with van der Waals surface area (Å²) in [4.78, 5) is 8.69. The molecular weight excluding hydrogens is 678 g/mol. The predicted molar refractivity (Wildman–Crippen MR) is 154 cm³/mol. The summed E-state index contributed by atoms with van der Waals surface area (Å²) in [6.45, 7) is 6.86. The van der Waals surface area contributed by atoms with E-state index in [9.17, 15) is 9.65 Å². The molecule has 0 amide bonds. The molecule has 0 saturated heterocycles. The Morgan fingerprint density at radius 3 is 2.18 bits per heavy atom. The predicted octanol–water partition coefficient (Wildman–Crippen LogP) is 7.24. The molecule has 6 heteroatoms. The van der Waals surface area contributed by atoms with Gasteiger partial charge in [0.2, 0.25) is 0 Å². The number of halogens is 1. The maximum Gasteiger partial charge on any atom is 0.0795 e. The van der Waals surface area contributed by atoms with E-state index in [1.54, 1.807) is 42.6 Å². The fourth-order valence-electron chi connectivity index (χ4n) is 3.60. The molecule has 0 bridgehead atoms. The standard InChI is InChI=1S/C19H13N2.C14H15FNSi.Ir/c20-14-17-10-9-16(19-8-4-5-11-21-19)13-18(17)12-15-6-2-1-3-7-15;1-17(2,3)13-8-9-14(16-10-13)11-4-6-12(15)7-5-11;/h1-8,10-11,13H,12H2;4,6-10H,1-3H3;/q2*-1;/i12D2;;. The smallest absolute Gasteiger partial charge is 0.0795 e. The molecular formula is C33H28FIrN3Si-2. The van der Waals surface area contributed by atoms with Crippen LogP contribution in [0.5, 0.6) is 0 Å².